The zero-order chi connectivity index (χ0) is 30.9. The van der Waals surface area contributed by atoms with Crippen molar-refractivity contribution in [2.24, 2.45) is 5.10 Å². The molecule has 1 saturated heterocycles. The van der Waals surface area contributed by atoms with Gasteiger partial charge in [-0.3, -0.25) is 14.4 Å². The van der Waals surface area contributed by atoms with Crippen molar-refractivity contribution in [3.8, 4) is 0 Å². The van der Waals surface area contributed by atoms with Gasteiger partial charge < -0.3 is 30.9 Å². The van der Waals surface area contributed by atoms with Gasteiger partial charge in [0.05, 0.1) is 22.0 Å². The van der Waals surface area contributed by atoms with Crippen molar-refractivity contribution in [1.82, 2.24) is 25.4 Å². The lowest BCUT2D eigenvalue weighted by Gasteiger charge is -2.38. The third-order valence-electron chi connectivity index (χ3n) is 6.52. The lowest BCUT2D eigenvalue weighted by molar-refractivity contribution is -0.133. The first-order valence-electron chi connectivity index (χ1n) is 12.8. The summed E-state index contributed by atoms with van der Waals surface area (Å²) in [5, 5.41) is 23.1. The summed E-state index contributed by atoms with van der Waals surface area (Å²) in [6, 6.07) is 3.44. The number of hydrogen-bond donors (Lipinski definition) is 4. The fourth-order valence-corrected chi connectivity index (χ4v) is 4.33. The lowest BCUT2D eigenvalue weighted by Crippen LogP contribution is -2.51. The number of aliphatic hydroxyl groups excluding tert-OH is 1. The van der Waals surface area contributed by atoms with E-state index in [0.29, 0.717) is 17.8 Å². The molecule has 0 spiro atoms. The minimum Gasteiger partial charge on any atom is -0.505 e. The normalized spacial score (nSPS) is 14.5. The summed E-state index contributed by atoms with van der Waals surface area (Å²) in [6.07, 6.45) is -2.26. The van der Waals surface area contributed by atoms with E-state index >= 15 is 0 Å². The molecule has 4 N–H and O–H groups in total. The van der Waals surface area contributed by atoms with E-state index in [0.717, 1.165) is 17.1 Å². The van der Waals surface area contributed by atoms with Crippen molar-refractivity contribution in [2.45, 2.75) is 26.7 Å². The molecule has 0 radical (unpaired) electrons. The molecule has 0 bridgehead atoms. The molecular formula is C27H36ClF2N7O4. The number of hydrazone groups is 1. The van der Waals surface area contributed by atoms with Crippen molar-refractivity contribution >= 4 is 41.7 Å². The van der Waals surface area contributed by atoms with E-state index < -0.39 is 30.7 Å². The van der Waals surface area contributed by atoms with Crippen LogP contribution in [0, 0.1) is 0 Å². The minimum atomic E-state index is -2.72. The highest BCUT2D eigenvalue weighted by Gasteiger charge is 2.32. The Morgan fingerprint density at radius 2 is 1.76 bits per heavy atom. The van der Waals surface area contributed by atoms with Crippen LogP contribution in [0.2, 0.25) is 5.02 Å². The molecule has 14 heteroatoms. The van der Waals surface area contributed by atoms with Crippen LogP contribution in [0.15, 0.2) is 58.3 Å². The fourth-order valence-electron chi connectivity index (χ4n) is 4.09. The van der Waals surface area contributed by atoms with Gasteiger partial charge in [-0.25, -0.2) is 13.8 Å². The first-order valence-corrected chi connectivity index (χ1v) is 13.2. The Hall–Kier alpha value is -4.13. The Morgan fingerprint density at radius 3 is 2.24 bits per heavy atom. The number of halogens is 3. The zero-order valence-electron chi connectivity index (χ0n) is 23.6. The molecule has 1 aromatic carbocycles. The Bertz CT molecular complexity index is 1240. The molecule has 41 heavy (non-hydrogen) atoms. The largest absolute Gasteiger partial charge is 0.505 e. The van der Waals surface area contributed by atoms with Crippen LogP contribution in [0.5, 0.6) is 0 Å². The predicted molar refractivity (Wildman–Crippen MR) is 154 cm³/mol. The van der Waals surface area contributed by atoms with Gasteiger partial charge in [0.25, 0.3) is 18.2 Å². The molecule has 3 amide bonds. The molecule has 0 aliphatic carbocycles. The van der Waals surface area contributed by atoms with E-state index in [1.54, 1.807) is 25.9 Å². The van der Waals surface area contributed by atoms with Crippen LogP contribution in [0.4, 0.5) is 14.5 Å². The second kappa shape index (κ2) is 15.0. The highest BCUT2D eigenvalue weighted by molar-refractivity contribution is 6.33. The van der Waals surface area contributed by atoms with Gasteiger partial charge in [-0.05, 0) is 25.5 Å². The number of benzene rings is 1. The van der Waals surface area contributed by atoms with Gasteiger partial charge in [0.1, 0.15) is 18.0 Å². The van der Waals surface area contributed by atoms with Gasteiger partial charge in [0.2, 0.25) is 5.91 Å². The molecule has 0 aromatic heterocycles. The maximum atomic E-state index is 13.7. The minimum absolute atomic E-state index is 0.0430. The second-order valence-electron chi connectivity index (χ2n) is 9.00. The Balaban J connectivity index is 2.18. The van der Waals surface area contributed by atoms with Gasteiger partial charge in [-0.1, -0.05) is 31.2 Å². The van der Waals surface area contributed by atoms with Crippen LogP contribution in [0.3, 0.4) is 0 Å². The molecule has 1 aromatic rings. The molecule has 1 aliphatic rings. The Labute approximate surface area is 243 Å². The van der Waals surface area contributed by atoms with Crippen molar-refractivity contribution in [2.75, 3.05) is 52.1 Å². The fraction of sp³-hybridized carbons (Fsp3) is 0.407. The lowest BCUT2D eigenvalue weighted by atomic mass is 10.1. The SMILES string of the molecule is C=NN(CC(=O)Nc1ccc(C(F)F)cc1Cl)C(=O)/C(=C(/CC)NC)N1CCN(C(=O)C(=C)/C(O)=C(/C)NC)CC1. The number of carbonyl (C=O) groups is 3. The molecule has 0 atom stereocenters. The summed E-state index contributed by atoms with van der Waals surface area (Å²) < 4.78 is 25.8. The summed E-state index contributed by atoms with van der Waals surface area (Å²) in [5.74, 6) is -1.92. The number of carbonyl (C=O) groups excluding carboxylic acids is 3. The number of anilines is 1. The first-order chi connectivity index (χ1) is 19.4. The van der Waals surface area contributed by atoms with Crippen LogP contribution in [-0.4, -0.2) is 91.2 Å². The summed E-state index contributed by atoms with van der Waals surface area (Å²) in [4.78, 5) is 42.6. The van der Waals surface area contributed by atoms with E-state index in [1.165, 1.54) is 11.0 Å². The van der Waals surface area contributed by atoms with Gasteiger partial charge in [0, 0.05) is 58.3 Å². The topological polar surface area (TPSA) is 130 Å². The van der Waals surface area contributed by atoms with Crippen LogP contribution in [-0.2, 0) is 14.4 Å². The highest BCUT2D eigenvalue weighted by atomic mass is 35.5. The third-order valence-corrected chi connectivity index (χ3v) is 6.83. The van der Waals surface area contributed by atoms with Gasteiger partial charge in [-0.2, -0.15) is 5.10 Å². The number of aliphatic hydroxyl groups is 1. The number of nitrogens with zero attached hydrogens (tertiary/aromatic N) is 4. The van der Waals surface area contributed by atoms with Crippen molar-refractivity contribution < 1.29 is 28.3 Å². The van der Waals surface area contributed by atoms with Gasteiger partial charge in [0.15, 0.2) is 0 Å². The molecule has 224 valence electrons. The van der Waals surface area contributed by atoms with Gasteiger partial charge >= 0.3 is 0 Å². The van der Waals surface area contributed by atoms with Crippen molar-refractivity contribution in [3.63, 3.8) is 0 Å². The second-order valence-corrected chi connectivity index (χ2v) is 9.41. The molecule has 11 nitrogen and oxygen atoms in total. The Morgan fingerprint density at radius 1 is 1.15 bits per heavy atom. The zero-order valence-corrected chi connectivity index (χ0v) is 24.3. The van der Waals surface area contributed by atoms with Crippen molar-refractivity contribution in [1.29, 1.82) is 0 Å². The standard InChI is InChI=1S/C27H36ClF2N7O4/c1-7-20(32-5)23(35-10-12-36(13-11-35)26(40)16(2)24(39)17(3)31-4)27(41)37(33-6)15-22(38)34-21-9-8-18(25(29)30)14-19(21)28/h8-9,14,25,31-32,39H,2,6-7,10-13,15H2,1,3-5H3,(H,34,38)/b23-20+,24-17+. The number of rotatable bonds is 12. The number of nitrogens with one attached hydrogen (secondary N) is 3. The maximum absolute atomic E-state index is 13.7. The summed E-state index contributed by atoms with van der Waals surface area (Å²) in [5.41, 5.74) is 1.02. The summed E-state index contributed by atoms with van der Waals surface area (Å²) >= 11 is 6.04. The first kappa shape index (κ1) is 33.1. The molecule has 0 unspecified atom stereocenters. The van der Waals surface area contributed by atoms with E-state index in [9.17, 15) is 28.3 Å². The highest BCUT2D eigenvalue weighted by Crippen LogP contribution is 2.28. The number of alkyl halides is 2. The maximum Gasteiger partial charge on any atom is 0.292 e. The van der Waals surface area contributed by atoms with Crippen LogP contribution in [0.1, 0.15) is 32.3 Å². The quantitative estimate of drug-likeness (QED) is 0.0960. The van der Waals surface area contributed by atoms with E-state index in [-0.39, 0.29) is 59.5 Å². The van der Waals surface area contributed by atoms with E-state index in [1.807, 2.05) is 6.92 Å². The number of hydrogen-bond acceptors (Lipinski definition) is 8. The number of piperazine rings is 1. The molecular weight excluding hydrogens is 560 g/mol. The predicted octanol–water partition coefficient (Wildman–Crippen LogP) is 3.21. The smallest absolute Gasteiger partial charge is 0.292 e. The summed E-state index contributed by atoms with van der Waals surface area (Å²) in [6.45, 7) is 11.2. The van der Waals surface area contributed by atoms with Crippen molar-refractivity contribution in [3.05, 3.63) is 63.8 Å². The number of allylic oxidation sites excluding steroid dienone is 2. The average molecular weight is 596 g/mol. The van der Waals surface area contributed by atoms with Crippen LogP contribution >= 0.6 is 11.6 Å². The number of amides is 3. The third kappa shape index (κ3) is 8.19. The van der Waals surface area contributed by atoms with Crippen LogP contribution in [0.25, 0.3) is 0 Å². The van der Waals surface area contributed by atoms with E-state index in [4.69, 9.17) is 11.6 Å². The van der Waals surface area contributed by atoms with E-state index in [2.05, 4.69) is 34.3 Å². The molecule has 1 fully saturated rings. The molecule has 2 rings (SSSR count). The average Bonchev–Trinajstić information content (AvgIpc) is 2.97. The summed E-state index contributed by atoms with van der Waals surface area (Å²) in [7, 11) is 3.28. The molecule has 1 heterocycles. The van der Waals surface area contributed by atoms with Crippen LogP contribution < -0.4 is 16.0 Å². The molecule has 1 aliphatic heterocycles. The molecule has 0 saturated carbocycles. The monoisotopic (exact) mass is 595 g/mol. The Kier molecular flexibility index (Phi) is 12.1. The van der Waals surface area contributed by atoms with Gasteiger partial charge in [-0.15, -0.1) is 0 Å².